The smallest absolute Gasteiger partial charge is 0.267 e. The van der Waals surface area contributed by atoms with Gasteiger partial charge in [0.25, 0.3) is 5.91 Å². The molecule has 1 amide bonds. The number of aromatic nitrogens is 1. The van der Waals surface area contributed by atoms with Crippen molar-refractivity contribution in [2.45, 2.75) is 10.6 Å². The van der Waals surface area contributed by atoms with Gasteiger partial charge in [-0.05, 0) is 24.6 Å². The zero-order valence-corrected chi connectivity index (χ0v) is 12.5. The van der Waals surface area contributed by atoms with Crippen LogP contribution in [0.3, 0.4) is 0 Å². The second-order valence-corrected chi connectivity index (χ2v) is 7.16. The van der Waals surface area contributed by atoms with Crippen LogP contribution in [0.15, 0.2) is 39.3 Å². The number of thiophene rings is 1. The van der Waals surface area contributed by atoms with E-state index >= 15 is 0 Å². The molecule has 21 heavy (non-hydrogen) atoms. The molecule has 7 nitrogen and oxygen atoms in total. The van der Waals surface area contributed by atoms with Crippen LogP contribution in [0, 0.1) is 0 Å². The highest BCUT2D eigenvalue weighted by Gasteiger charge is 2.11. The second kappa shape index (κ2) is 6.20. The van der Waals surface area contributed by atoms with Crippen LogP contribution < -0.4 is 16.0 Å². The van der Waals surface area contributed by atoms with E-state index in [1.165, 1.54) is 24.3 Å². The van der Waals surface area contributed by atoms with Crippen LogP contribution in [-0.2, 0) is 16.4 Å². The fourth-order valence-corrected chi connectivity index (χ4v) is 3.40. The number of carbonyl (C=O) groups is 1. The average Bonchev–Trinajstić information content (AvgIpc) is 2.87. The van der Waals surface area contributed by atoms with Gasteiger partial charge in [-0.1, -0.05) is 6.07 Å². The highest BCUT2D eigenvalue weighted by molar-refractivity contribution is 7.91. The summed E-state index contributed by atoms with van der Waals surface area (Å²) in [6, 6.07) is 7.40. The first-order valence-corrected chi connectivity index (χ1v) is 8.31. The number of pyridine rings is 1. The van der Waals surface area contributed by atoms with E-state index in [0.29, 0.717) is 13.0 Å². The Morgan fingerprint density at radius 1 is 1.29 bits per heavy atom. The minimum atomic E-state index is -3.68. The van der Waals surface area contributed by atoms with E-state index in [4.69, 9.17) is 5.14 Å². The number of aromatic amines is 1. The molecule has 112 valence electrons. The van der Waals surface area contributed by atoms with Gasteiger partial charge in [-0.3, -0.25) is 9.59 Å². The molecule has 0 bridgehead atoms. The number of amides is 1. The number of primary sulfonamides is 1. The first-order valence-electron chi connectivity index (χ1n) is 5.95. The molecule has 0 aliphatic rings. The van der Waals surface area contributed by atoms with E-state index in [-0.39, 0.29) is 15.5 Å². The minimum absolute atomic E-state index is 0.0937. The van der Waals surface area contributed by atoms with Crippen molar-refractivity contribution < 1.29 is 13.2 Å². The number of H-pyrrole nitrogens is 1. The summed E-state index contributed by atoms with van der Waals surface area (Å²) < 4.78 is 22.4. The molecular weight excluding hydrogens is 314 g/mol. The molecule has 2 aromatic heterocycles. The molecule has 2 aromatic rings. The summed E-state index contributed by atoms with van der Waals surface area (Å²) in [4.78, 5) is 26.1. The molecular formula is C12H13N3O4S2. The zero-order valence-electron chi connectivity index (χ0n) is 10.8. The molecule has 0 radical (unpaired) electrons. The molecule has 0 aromatic carbocycles. The zero-order chi connectivity index (χ0) is 15.5. The van der Waals surface area contributed by atoms with Crippen molar-refractivity contribution in [1.29, 1.82) is 0 Å². The summed E-state index contributed by atoms with van der Waals surface area (Å²) >= 11 is 1.07. The van der Waals surface area contributed by atoms with Crippen molar-refractivity contribution in [1.82, 2.24) is 10.3 Å². The van der Waals surface area contributed by atoms with Gasteiger partial charge in [0.2, 0.25) is 15.6 Å². The lowest BCUT2D eigenvalue weighted by Gasteiger charge is -2.03. The molecule has 0 aliphatic heterocycles. The quantitative estimate of drug-likeness (QED) is 0.718. The van der Waals surface area contributed by atoms with Crippen LogP contribution in [0.5, 0.6) is 0 Å². The maximum Gasteiger partial charge on any atom is 0.267 e. The summed E-state index contributed by atoms with van der Waals surface area (Å²) in [5.74, 6) is -0.393. The third-order valence-electron chi connectivity index (χ3n) is 2.59. The van der Waals surface area contributed by atoms with Crippen LogP contribution in [0.4, 0.5) is 0 Å². The lowest BCUT2D eigenvalue weighted by Crippen LogP contribution is -2.27. The number of rotatable bonds is 5. The number of nitrogens with one attached hydrogen (secondary N) is 2. The summed E-state index contributed by atoms with van der Waals surface area (Å²) in [6.07, 6.45) is 0.475. The van der Waals surface area contributed by atoms with Crippen molar-refractivity contribution in [2.75, 3.05) is 6.54 Å². The summed E-state index contributed by atoms with van der Waals surface area (Å²) in [7, 11) is -3.68. The van der Waals surface area contributed by atoms with Crippen molar-refractivity contribution in [3.05, 3.63) is 51.3 Å². The Kier molecular flexibility index (Phi) is 4.56. The number of hydrogen-bond acceptors (Lipinski definition) is 5. The van der Waals surface area contributed by atoms with E-state index in [2.05, 4.69) is 10.3 Å². The van der Waals surface area contributed by atoms with Crippen molar-refractivity contribution in [3.63, 3.8) is 0 Å². The van der Waals surface area contributed by atoms with Gasteiger partial charge in [0.15, 0.2) is 0 Å². The third kappa shape index (κ3) is 4.25. The van der Waals surface area contributed by atoms with Gasteiger partial charge in [-0.15, -0.1) is 11.3 Å². The summed E-state index contributed by atoms with van der Waals surface area (Å²) in [6.45, 7) is 0.320. The Labute approximate surface area is 124 Å². The van der Waals surface area contributed by atoms with E-state index in [1.54, 1.807) is 6.07 Å². The summed E-state index contributed by atoms with van der Waals surface area (Å²) in [5, 5.41) is 7.66. The molecule has 4 N–H and O–H groups in total. The first-order chi connectivity index (χ1) is 9.86. The van der Waals surface area contributed by atoms with Gasteiger partial charge >= 0.3 is 0 Å². The van der Waals surface area contributed by atoms with Gasteiger partial charge in [0.05, 0.1) is 0 Å². The predicted molar refractivity (Wildman–Crippen MR) is 78.8 cm³/mol. The fraction of sp³-hybridized carbons (Fsp3) is 0.167. The molecule has 0 saturated carbocycles. The predicted octanol–water partition coefficient (Wildman–Crippen LogP) is 0.0563. The standard InChI is InChI=1S/C12H13N3O4S2/c13-21(18,19)11-5-4-8(20-11)6-7-14-12(17)9-2-1-3-10(16)15-9/h1-5H,6-7H2,(H,14,17)(H,15,16)(H2,13,18,19). The van der Waals surface area contributed by atoms with Crippen LogP contribution >= 0.6 is 11.3 Å². The van der Waals surface area contributed by atoms with E-state index in [0.717, 1.165) is 16.2 Å². The van der Waals surface area contributed by atoms with Gasteiger partial charge in [0.1, 0.15) is 9.90 Å². The van der Waals surface area contributed by atoms with E-state index in [9.17, 15) is 18.0 Å². The number of hydrogen-bond donors (Lipinski definition) is 3. The maximum absolute atomic E-state index is 11.8. The fourth-order valence-electron chi connectivity index (χ4n) is 1.62. The molecule has 0 atom stereocenters. The SMILES string of the molecule is NS(=O)(=O)c1ccc(CCNC(=O)c2cccc(=O)[nH]2)s1. The maximum atomic E-state index is 11.8. The lowest BCUT2D eigenvalue weighted by molar-refractivity contribution is 0.0949. The van der Waals surface area contributed by atoms with Crippen LogP contribution in [0.25, 0.3) is 0 Å². The molecule has 0 spiro atoms. The molecule has 2 rings (SSSR count). The van der Waals surface area contributed by atoms with Gasteiger partial charge < -0.3 is 10.3 Å². The van der Waals surface area contributed by atoms with Crippen molar-refractivity contribution in [2.24, 2.45) is 5.14 Å². The lowest BCUT2D eigenvalue weighted by atomic mass is 10.3. The van der Waals surface area contributed by atoms with E-state index < -0.39 is 15.9 Å². The average molecular weight is 327 g/mol. The largest absolute Gasteiger partial charge is 0.350 e. The monoisotopic (exact) mass is 327 g/mol. The first kappa shape index (κ1) is 15.4. The Morgan fingerprint density at radius 3 is 2.67 bits per heavy atom. The van der Waals surface area contributed by atoms with Crippen molar-refractivity contribution >= 4 is 27.3 Å². The molecule has 2 heterocycles. The van der Waals surface area contributed by atoms with E-state index in [1.807, 2.05) is 0 Å². The Hall–Kier alpha value is -1.97. The van der Waals surface area contributed by atoms with Crippen LogP contribution in [-0.4, -0.2) is 25.9 Å². The molecule has 9 heteroatoms. The highest BCUT2D eigenvalue weighted by Crippen LogP contribution is 2.20. The van der Waals surface area contributed by atoms with Crippen LogP contribution in [0.1, 0.15) is 15.4 Å². The Morgan fingerprint density at radius 2 is 2.05 bits per heavy atom. The molecule has 0 fully saturated rings. The summed E-state index contributed by atoms with van der Waals surface area (Å²) in [5.41, 5.74) is -0.169. The molecule has 0 saturated heterocycles. The normalized spacial score (nSPS) is 11.3. The van der Waals surface area contributed by atoms with Gasteiger partial charge in [-0.25, -0.2) is 13.6 Å². The molecule has 0 aliphatic carbocycles. The van der Waals surface area contributed by atoms with Gasteiger partial charge in [-0.2, -0.15) is 0 Å². The Balaban J connectivity index is 1.91. The van der Waals surface area contributed by atoms with Gasteiger partial charge in [0, 0.05) is 17.5 Å². The third-order valence-corrected chi connectivity index (χ3v) is 5.17. The van der Waals surface area contributed by atoms with Crippen LogP contribution in [0.2, 0.25) is 0 Å². The molecule has 0 unspecified atom stereocenters. The topological polar surface area (TPSA) is 122 Å². The van der Waals surface area contributed by atoms with Crippen molar-refractivity contribution in [3.8, 4) is 0 Å². The Bertz CT molecular complexity index is 808. The number of nitrogens with two attached hydrogens (primary N) is 1. The number of carbonyl (C=O) groups excluding carboxylic acids is 1. The highest BCUT2D eigenvalue weighted by atomic mass is 32.2. The second-order valence-electron chi connectivity index (χ2n) is 4.20. The number of sulfonamides is 1. The minimum Gasteiger partial charge on any atom is -0.350 e.